The summed E-state index contributed by atoms with van der Waals surface area (Å²) in [6, 6.07) is 3.76. The quantitative estimate of drug-likeness (QED) is 0.811. The molecule has 0 radical (unpaired) electrons. The van der Waals surface area contributed by atoms with Crippen LogP contribution >= 0.6 is 0 Å². The Hall–Kier alpha value is -1.25. The van der Waals surface area contributed by atoms with Gasteiger partial charge in [-0.05, 0) is 31.4 Å². The van der Waals surface area contributed by atoms with Crippen LogP contribution in [0.15, 0.2) is 16.5 Å². The van der Waals surface area contributed by atoms with E-state index in [2.05, 4.69) is 13.8 Å². The molecule has 0 aliphatic rings. The zero-order chi connectivity index (χ0) is 11.4. The lowest BCUT2D eigenvalue weighted by Crippen LogP contribution is -2.08. The van der Waals surface area contributed by atoms with Crippen LogP contribution in [-0.2, 0) is 4.79 Å². The summed E-state index contributed by atoms with van der Waals surface area (Å²) in [5.41, 5.74) is 0. The fourth-order valence-electron chi connectivity index (χ4n) is 1.75. The second kappa shape index (κ2) is 5.01. The molecule has 3 heteroatoms. The predicted molar refractivity (Wildman–Crippen MR) is 57.9 cm³/mol. The molecule has 0 saturated heterocycles. The topological polar surface area (TPSA) is 50.4 Å². The first kappa shape index (κ1) is 11.8. The largest absolute Gasteiger partial charge is 0.481 e. The third-order valence-corrected chi connectivity index (χ3v) is 2.34. The lowest BCUT2D eigenvalue weighted by atomic mass is 9.92. The molecule has 0 aromatic carbocycles. The Bertz CT molecular complexity index is 325. The van der Waals surface area contributed by atoms with Crippen LogP contribution < -0.4 is 0 Å². The summed E-state index contributed by atoms with van der Waals surface area (Å²) < 4.78 is 5.48. The molecular weight excluding hydrogens is 192 g/mol. The molecule has 84 valence electrons. The number of carboxylic acids is 1. The van der Waals surface area contributed by atoms with E-state index in [0.717, 1.165) is 17.9 Å². The highest BCUT2D eigenvalue weighted by Gasteiger charge is 2.19. The van der Waals surface area contributed by atoms with Crippen LogP contribution in [0, 0.1) is 12.8 Å². The van der Waals surface area contributed by atoms with E-state index in [4.69, 9.17) is 9.52 Å². The maximum atomic E-state index is 10.7. The first-order valence-corrected chi connectivity index (χ1v) is 5.27. The van der Waals surface area contributed by atoms with Crippen LogP contribution in [0.2, 0.25) is 0 Å². The predicted octanol–water partition coefficient (Wildman–Crippen LogP) is 3.19. The maximum absolute atomic E-state index is 10.7. The first-order chi connectivity index (χ1) is 6.99. The number of rotatable bonds is 5. The second-order valence-electron chi connectivity index (χ2n) is 4.37. The van der Waals surface area contributed by atoms with E-state index in [0.29, 0.717) is 5.92 Å². The normalized spacial score (nSPS) is 13.1. The van der Waals surface area contributed by atoms with Crippen molar-refractivity contribution in [2.45, 2.75) is 39.5 Å². The van der Waals surface area contributed by atoms with Gasteiger partial charge in [0.15, 0.2) is 0 Å². The molecule has 1 unspecified atom stereocenters. The summed E-state index contributed by atoms with van der Waals surface area (Å²) in [6.45, 7) is 6.05. The van der Waals surface area contributed by atoms with Crippen molar-refractivity contribution < 1.29 is 14.3 Å². The number of aryl methyl sites for hydroxylation is 1. The molecule has 15 heavy (non-hydrogen) atoms. The molecule has 1 aromatic rings. The number of hydrogen-bond acceptors (Lipinski definition) is 2. The zero-order valence-corrected chi connectivity index (χ0v) is 9.49. The second-order valence-corrected chi connectivity index (χ2v) is 4.37. The van der Waals surface area contributed by atoms with Gasteiger partial charge in [-0.1, -0.05) is 13.8 Å². The molecule has 1 aromatic heterocycles. The lowest BCUT2D eigenvalue weighted by molar-refractivity contribution is -0.137. The molecule has 0 aliphatic heterocycles. The average molecular weight is 210 g/mol. The van der Waals surface area contributed by atoms with Crippen LogP contribution in [0.25, 0.3) is 0 Å². The van der Waals surface area contributed by atoms with Crippen molar-refractivity contribution in [1.82, 2.24) is 0 Å². The van der Waals surface area contributed by atoms with E-state index in [9.17, 15) is 4.79 Å². The minimum atomic E-state index is -0.769. The summed E-state index contributed by atoms with van der Waals surface area (Å²) in [4.78, 5) is 10.7. The van der Waals surface area contributed by atoms with Crippen molar-refractivity contribution in [3.63, 3.8) is 0 Å². The number of furan rings is 1. The molecule has 0 spiro atoms. The van der Waals surface area contributed by atoms with Crippen molar-refractivity contribution >= 4 is 5.97 Å². The summed E-state index contributed by atoms with van der Waals surface area (Å²) in [7, 11) is 0. The van der Waals surface area contributed by atoms with E-state index in [1.54, 1.807) is 0 Å². The van der Waals surface area contributed by atoms with Gasteiger partial charge in [-0.2, -0.15) is 0 Å². The smallest absolute Gasteiger partial charge is 0.304 e. The Kier molecular flexibility index (Phi) is 3.95. The summed E-state index contributed by atoms with van der Waals surface area (Å²) in [5.74, 6) is 1.33. The van der Waals surface area contributed by atoms with Crippen LogP contribution in [0.4, 0.5) is 0 Å². The van der Waals surface area contributed by atoms with E-state index in [-0.39, 0.29) is 12.3 Å². The van der Waals surface area contributed by atoms with E-state index < -0.39 is 5.97 Å². The van der Waals surface area contributed by atoms with Crippen LogP contribution in [0.5, 0.6) is 0 Å². The Labute approximate surface area is 90.1 Å². The number of carbonyl (C=O) groups is 1. The van der Waals surface area contributed by atoms with Crippen LogP contribution in [0.3, 0.4) is 0 Å². The highest BCUT2D eigenvalue weighted by atomic mass is 16.4. The molecule has 1 rings (SSSR count). The highest BCUT2D eigenvalue weighted by molar-refractivity contribution is 5.67. The Morgan fingerprint density at radius 3 is 2.53 bits per heavy atom. The van der Waals surface area contributed by atoms with E-state index in [1.165, 1.54) is 0 Å². The maximum Gasteiger partial charge on any atom is 0.304 e. The third-order valence-electron chi connectivity index (χ3n) is 2.34. The minimum Gasteiger partial charge on any atom is -0.481 e. The average Bonchev–Trinajstić information content (AvgIpc) is 2.48. The minimum absolute atomic E-state index is 0.00352. The molecule has 0 amide bonds. The van der Waals surface area contributed by atoms with Gasteiger partial charge in [-0.25, -0.2) is 0 Å². The van der Waals surface area contributed by atoms with E-state index in [1.807, 2.05) is 19.1 Å². The molecule has 0 fully saturated rings. The van der Waals surface area contributed by atoms with Crippen molar-refractivity contribution in [3.05, 3.63) is 23.7 Å². The number of hydrogen-bond donors (Lipinski definition) is 1. The molecule has 1 heterocycles. The molecule has 1 atom stereocenters. The summed E-state index contributed by atoms with van der Waals surface area (Å²) in [6.07, 6.45) is 0.990. The summed E-state index contributed by atoms with van der Waals surface area (Å²) in [5, 5.41) is 8.82. The standard InChI is InChI=1S/C12H18O3/c1-8(2)6-10(7-12(13)14)11-5-4-9(3)15-11/h4-5,8,10H,6-7H2,1-3H3,(H,13,14). The highest BCUT2D eigenvalue weighted by Crippen LogP contribution is 2.28. The molecule has 0 saturated carbocycles. The molecule has 0 bridgehead atoms. The van der Waals surface area contributed by atoms with Crippen LogP contribution in [0.1, 0.15) is 44.1 Å². The Morgan fingerprint density at radius 2 is 2.13 bits per heavy atom. The number of carboxylic acid groups (broad SMARTS) is 1. The Morgan fingerprint density at radius 1 is 1.47 bits per heavy atom. The molecule has 0 aliphatic carbocycles. The van der Waals surface area contributed by atoms with Gasteiger partial charge >= 0.3 is 5.97 Å². The fraction of sp³-hybridized carbons (Fsp3) is 0.583. The van der Waals surface area contributed by atoms with Gasteiger partial charge in [-0.3, -0.25) is 4.79 Å². The SMILES string of the molecule is Cc1ccc(C(CC(=O)O)CC(C)C)o1. The van der Waals surface area contributed by atoms with E-state index >= 15 is 0 Å². The monoisotopic (exact) mass is 210 g/mol. The van der Waals surface area contributed by atoms with Crippen molar-refractivity contribution in [3.8, 4) is 0 Å². The fourth-order valence-corrected chi connectivity index (χ4v) is 1.75. The van der Waals surface area contributed by atoms with Crippen LogP contribution in [-0.4, -0.2) is 11.1 Å². The summed E-state index contributed by atoms with van der Waals surface area (Å²) >= 11 is 0. The van der Waals surface area contributed by atoms with Gasteiger partial charge in [0.1, 0.15) is 11.5 Å². The molecular formula is C12H18O3. The first-order valence-electron chi connectivity index (χ1n) is 5.27. The van der Waals surface area contributed by atoms with Gasteiger partial charge in [0, 0.05) is 5.92 Å². The lowest BCUT2D eigenvalue weighted by Gasteiger charge is -2.14. The molecule has 1 N–H and O–H groups in total. The third kappa shape index (κ3) is 3.78. The van der Waals surface area contributed by atoms with Crippen molar-refractivity contribution in [2.75, 3.05) is 0 Å². The van der Waals surface area contributed by atoms with Crippen molar-refractivity contribution in [1.29, 1.82) is 0 Å². The van der Waals surface area contributed by atoms with Gasteiger partial charge in [0.2, 0.25) is 0 Å². The van der Waals surface area contributed by atoms with Gasteiger partial charge in [-0.15, -0.1) is 0 Å². The van der Waals surface area contributed by atoms with Gasteiger partial charge < -0.3 is 9.52 Å². The Balaban J connectivity index is 2.75. The van der Waals surface area contributed by atoms with Crippen molar-refractivity contribution in [2.24, 2.45) is 5.92 Å². The number of aliphatic carboxylic acids is 1. The molecule has 3 nitrogen and oxygen atoms in total. The van der Waals surface area contributed by atoms with Gasteiger partial charge in [0.25, 0.3) is 0 Å². The van der Waals surface area contributed by atoms with Gasteiger partial charge in [0.05, 0.1) is 6.42 Å². The zero-order valence-electron chi connectivity index (χ0n) is 9.49.